The van der Waals surface area contributed by atoms with Gasteiger partial charge in [0.25, 0.3) is 0 Å². The van der Waals surface area contributed by atoms with E-state index in [-0.39, 0.29) is 12.6 Å². The number of nitrogens with zero attached hydrogens (tertiary/aromatic N) is 1. The number of esters is 1. The molecular weight excluding hydrogens is 326 g/mol. The van der Waals surface area contributed by atoms with Gasteiger partial charge in [0.05, 0.1) is 18.2 Å². The second-order valence-electron chi connectivity index (χ2n) is 4.20. The number of rotatable bonds is 3. The van der Waals surface area contributed by atoms with Gasteiger partial charge in [-0.05, 0) is 41.4 Å². The second-order valence-corrected chi connectivity index (χ2v) is 5.02. The average Bonchev–Trinajstić information content (AvgIpc) is 2.38. The normalized spacial score (nSPS) is 18.4. The lowest BCUT2D eigenvalue weighted by Crippen LogP contribution is -2.45. The van der Waals surface area contributed by atoms with Crippen LogP contribution in [0.15, 0.2) is 34.2 Å². The quantitative estimate of drug-likeness (QED) is 0.652. The third-order valence-electron chi connectivity index (χ3n) is 2.85. The van der Waals surface area contributed by atoms with Crippen LogP contribution < -0.4 is 10.6 Å². The van der Waals surface area contributed by atoms with Gasteiger partial charge in [0.2, 0.25) is 0 Å². The summed E-state index contributed by atoms with van der Waals surface area (Å²) in [5, 5.41) is 5.29. The molecule has 0 saturated carbocycles. The van der Waals surface area contributed by atoms with E-state index in [0.29, 0.717) is 21.4 Å². The summed E-state index contributed by atoms with van der Waals surface area (Å²) in [6.07, 6.45) is 1.60. The Morgan fingerprint density at radius 1 is 1.50 bits per heavy atom. The van der Waals surface area contributed by atoms with Crippen molar-refractivity contribution in [2.24, 2.45) is 0 Å². The summed E-state index contributed by atoms with van der Waals surface area (Å²) in [6.45, 7) is 3.68. The molecule has 0 saturated heterocycles. The van der Waals surface area contributed by atoms with Crippen LogP contribution in [0.4, 0.5) is 4.79 Å². The fraction of sp³-hybridized carbons (Fsp3) is 0.308. The Bertz CT molecular complexity index is 569. The molecule has 1 atom stereocenters. The average molecular weight is 340 g/mol. The van der Waals surface area contributed by atoms with E-state index < -0.39 is 12.0 Å². The molecule has 2 N–H and O–H groups in total. The number of nitrogens with one attached hydrogen (secondary N) is 2. The van der Waals surface area contributed by atoms with Gasteiger partial charge in [0.15, 0.2) is 0 Å². The van der Waals surface area contributed by atoms with Crippen LogP contribution in [0, 0.1) is 0 Å². The minimum atomic E-state index is -0.566. The monoisotopic (exact) mass is 339 g/mol. The van der Waals surface area contributed by atoms with Crippen LogP contribution in [-0.4, -0.2) is 23.6 Å². The highest BCUT2D eigenvalue weighted by Gasteiger charge is 2.32. The Morgan fingerprint density at radius 3 is 2.85 bits per heavy atom. The van der Waals surface area contributed by atoms with Crippen molar-refractivity contribution in [1.29, 1.82) is 0 Å². The minimum absolute atomic E-state index is 0.273. The molecular formula is C13H14BrN3O3. The number of urea groups is 1. The Hall–Kier alpha value is -1.89. The molecule has 1 aliphatic rings. The highest BCUT2D eigenvalue weighted by molar-refractivity contribution is 9.10. The number of halogens is 1. The number of pyridine rings is 1. The van der Waals surface area contributed by atoms with Crippen molar-refractivity contribution < 1.29 is 14.3 Å². The predicted molar refractivity (Wildman–Crippen MR) is 75.7 cm³/mol. The molecule has 0 fully saturated rings. The van der Waals surface area contributed by atoms with Gasteiger partial charge in [-0.1, -0.05) is 6.07 Å². The third-order valence-corrected chi connectivity index (χ3v) is 3.32. The number of allylic oxidation sites excluding steroid dienone is 1. The molecule has 6 nitrogen and oxygen atoms in total. The van der Waals surface area contributed by atoms with Gasteiger partial charge >= 0.3 is 12.0 Å². The maximum Gasteiger partial charge on any atom is 0.338 e. The van der Waals surface area contributed by atoms with Crippen molar-refractivity contribution in [1.82, 2.24) is 15.6 Å². The van der Waals surface area contributed by atoms with Crippen LogP contribution in [0.2, 0.25) is 0 Å². The van der Waals surface area contributed by atoms with E-state index >= 15 is 0 Å². The van der Waals surface area contributed by atoms with Gasteiger partial charge in [0, 0.05) is 11.9 Å². The van der Waals surface area contributed by atoms with E-state index in [4.69, 9.17) is 4.74 Å². The number of hydrogen-bond donors (Lipinski definition) is 2. The first-order valence-corrected chi connectivity index (χ1v) is 6.89. The molecule has 0 aromatic carbocycles. The molecule has 2 heterocycles. The van der Waals surface area contributed by atoms with E-state index in [0.717, 1.165) is 0 Å². The Balaban J connectivity index is 2.41. The zero-order chi connectivity index (χ0) is 14.7. The van der Waals surface area contributed by atoms with Crippen molar-refractivity contribution in [3.8, 4) is 0 Å². The first-order valence-electron chi connectivity index (χ1n) is 6.09. The smallest absolute Gasteiger partial charge is 0.338 e. The lowest BCUT2D eigenvalue weighted by Gasteiger charge is -2.27. The first kappa shape index (κ1) is 14.5. The molecule has 0 bridgehead atoms. The topological polar surface area (TPSA) is 80.3 Å². The number of hydrogen-bond acceptors (Lipinski definition) is 4. The zero-order valence-electron chi connectivity index (χ0n) is 11.1. The van der Waals surface area contributed by atoms with Crippen LogP contribution >= 0.6 is 15.9 Å². The summed E-state index contributed by atoms with van der Waals surface area (Å²) in [7, 11) is 0. The number of aromatic nitrogens is 1. The van der Waals surface area contributed by atoms with Crippen molar-refractivity contribution in [2.75, 3.05) is 6.61 Å². The van der Waals surface area contributed by atoms with E-state index in [9.17, 15) is 9.59 Å². The highest BCUT2D eigenvalue weighted by Crippen LogP contribution is 2.27. The SMILES string of the molecule is CCOC(=O)C1=C(C)NC(=O)N[C@@H]1c1ccc(Br)nc1. The molecule has 20 heavy (non-hydrogen) atoms. The van der Waals surface area contributed by atoms with Crippen molar-refractivity contribution in [3.63, 3.8) is 0 Å². The molecule has 0 aliphatic carbocycles. The lowest BCUT2D eigenvalue weighted by atomic mass is 9.97. The standard InChI is InChI=1S/C13H14BrN3O3/c1-3-20-12(18)10-7(2)16-13(19)17-11(10)8-4-5-9(14)15-6-8/h4-6,11H,3H2,1-2H3,(H2,16,17,19)/t11-/m1/s1. The van der Waals surface area contributed by atoms with Crippen LogP contribution in [0.25, 0.3) is 0 Å². The highest BCUT2D eigenvalue weighted by atomic mass is 79.9. The van der Waals surface area contributed by atoms with Crippen molar-refractivity contribution in [3.05, 3.63) is 39.8 Å². The molecule has 1 aliphatic heterocycles. The van der Waals surface area contributed by atoms with E-state index in [1.54, 1.807) is 32.2 Å². The summed E-state index contributed by atoms with van der Waals surface area (Å²) < 4.78 is 5.73. The van der Waals surface area contributed by atoms with Gasteiger partial charge in [-0.25, -0.2) is 14.6 Å². The van der Waals surface area contributed by atoms with Crippen LogP contribution in [-0.2, 0) is 9.53 Å². The van der Waals surface area contributed by atoms with Gasteiger partial charge in [-0.3, -0.25) is 0 Å². The Labute approximate surface area is 124 Å². The molecule has 1 aromatic rings. The van der Waals surface area contributed by atoms with Crippen LogP contribution in [0.3, 0.4) is 0 Å². The number of ether oxygens (including phenoxy) is 1. The van der Waals surface area contributed by atoms with Gasteiger partial charge in [-0.2, -0.15) is 0 Å². The largest absolute Gasteiger partial charge is 0.463 e. The maximum atomic E-state index is 12.1. The molecule has 1 aromatic heterocycles. The summed E-state index contributed by atoms with van der Waals surface area (Å²) in [5.41, 5.74) is 1.58. The number of amides is 2. The van der Waals surface area contributed by atoms with Crippen molar-refractivity contribution in [2.45, 2.75) is 19.9 Å². The van der Waals surface area contributed by atoms with Gasteiger partial charge in [0.1, 0.15) is 4.60 Å². The predicted octanol–water partition coefficient (Wildman–Crippen LogP) is 2.04. The first-order chi connectivity index (χ1) is 9.52. The fourth-order valence-electron chi connectivity index (χ4n) is 1.98. The summed E-state index contributed by atoms with van der Waals surface area (Å²) >= 11 is 3.25. The third kappa shape index (κ3) is 2.98. The molecule has 106 valence electrons. The van der Waals surface area contributed by atoms with E-state index in [1.165, 1.54) is 0 Å². The van der Waals surface area contributed by atoms with Gasteiger partial charge < -0.3 is 15.4 Å². The minimum Gasteiger partial charge on any atom is -0.463 e. The lowest BCUT2D eigenvalue weighted by molar-refractivity contribution is -0.139. The number of carbonyl (C=O) groups is 2. The molecule has 0 radical (unpaired) electrons. The van der Waals surface area contributed by atoms with Gasteiger partial charge in [-0.15, -0.1) is 0 Å². The Kier molecular flexibility index (Phi) is 4.39. The molecule has 0 spiro atoms. The Morgan fingerprint density at radius 2 is 2.25 bits per heavy atom. The maximum absolute atomic E-state index is 12.1. The van der Waals surface area contributed by atoms with E-state index in [2.05, 4.69) is 31.5 Å². The van der Waals surface area contributed by atoms with Crippen LogP contribution in [0.1, 0.15) is 25.5 Å². The molecule has 7 heteroatoms. The fourth-order valence-corrected chi connectivity index (χ4v) is 2.22. The summed E-state index contributed by atoms with van der Waals surface area (Å²) in [6, 6.07) is 2.62. The molecule has 2 amide bonds. The molecule has 0 unspecified atom stereocenters. The summed E-state index contributed by atoms with van der Waals surface area (Å²) in [5.74, 6) is -0.453. The van der Waals surface area contributed by atoms with Crippen LogP contribution in [0.5, 0.6) is 0 Å². The van der Waals surface area contributed by atoms with Crippen molar-refractivity contribution >= 4 is 27.9 Å². The summed E-state index contributed by atoms with van der Waals surface area (Å²) in [4.78, 5) is 27.8. The second kappa shape index (κ2) is 6.04. The molecule has 2 rings (SSSR count). The number of carbonyl (C=O) groups excluding carboxylic acids is 2. The van der Waals surface area contributed by atoms with E-state index in [1.807, 2.05) is 0 Å². The zero-order valence-corrected chi connectivity index (χ0v) is 12.7.